The Labute approximate surface area is 89.4 Å². The lowest BCUT2D eigenvalue weighted by Gasteiger charge is -2.08. The van der Waals surface area contributed by atoms with Crippen LogP contribution in [0.2, 0.25) is 0 Å². The molecule has 0 heterocycles. The first kappa shape index (κ1) is 12.0. The first-order valence-electron chi connectivity index (χ1n) is 4.50. The molecule has 0 aliphatic heterocycles. The predicted molar refractivity (Wildman–Crippen MR) is 56.7 cm³/mol. The molecule has 0 unspecified atom stereocenters. The number of aliphatic hydroxyl groups is 1. The molecule has 0 aliphatic carbocycles. The van der Waals surface area contributed by atoms with Crippen LogP contribution in [0.15, 0.2) is 29.2 Å². The van der Waals surface area contributed by atoms with Gasteiger partial charge in [0.25, 0.3) is 0 Å². The van der Waals surface area contributed by atoms with Gasteiger partial charge in [0.15, 0.2) is 9.84 Å². The van der Waals surface area contributed by atoms with Gasteiger partial charge in [-0.05, 0) is 31.2 Å². The van der Waals surface area contributed by atoms with Crippen LogP contribution in [0.5, 0.6) is 5.75 Å². The lowest BCUT2D eigenvalue weighted by atomic mass is 10.3. The van der Waals surface area contributed by atoms with E-state index in [0.29, 0.717) is 5.75 Å². The molecule has 4 nitrogen and oxygen atoms in total. The molecule has 1 rings (SSSR count). The zero-order valence-corrected chi connectivity index (χ0v) is 9.49. The van der Waals surface area contributed by atoms with Crippen LogP contribution in [0.1, 0.15) is 6.92 Å². The molecular formula is C10H14O4S. The largest absolute Gasteiger partial charge is 0.491 e. The third kappa shape index (κ3) is 3.89. The van der Waals surface area contributed by atoms with E-state index in [1.54, 1.807) is 19.1 Å². The monoisotopic (exact) mass is 230 g/mol. The quantitative estimate of drug-likeness (QED) is 0.833. The number of rotatable bonds is 4. The second-order valence-electron chi connectivity index (χ2n) is 3.40. The molecular weight excluding hydrogens is 216 g/mol. The Kier molecular flexibility index (Phi) is 3.71. The van der Waals surface area contributed by atoms with Gasteiger partial charge in [-0.2, -0.15) is 0 Å². The lowest BCUT2D eigenvalue weighted by molar-refractivity contribution is 0.122. The number of benzene rings is 1. The first-order chi connectivity index (χ1) is 6.89. The molecule has 84 valence electrons. The Morgan fingerprint density at radius 2 is 1.87 bits per heavy atom. The van der Waals surface area contributed by atoms with Gasteiger partial charge < -0.3 is 9.84 Å². The van der Waals surface area contributed by atoms with Crippen molar-refractivity contribution in [1.82, 2.24) is 0 Å². The molecule has 5 heteroatoms. The van der Waals surface area contributed by atoms with Crippen molar-refractivity contribution in [2.75, 3.05) is 12.9 Å². The smallest absolute Gasteiger partial charge is 0.175 e. The molecule has 1 aromatic rings. The van der Waals surface area contributed by atoms with Gasteiger partial charge in [-0.15, -0.1) is 0 Å². The number of ether oxygens (including phenoxy) is 1. The molecule has 0 saturated heterocycles. The van der Waals surface area contributed by atoms with Crippen molar-refractivity contribution >= 4 is 9.84 Å². The number of hydrogen-bond donors (Lipinski definition) is 1. The van der Waals surface area contributed by atoms with Crippen molar-refractivity contribution in [1.29, 1.82) is 0 Å². The summed E-state index contributed by atoms with van der Waals surface area (Å²) in [6.07, 6.45) is 0.609. The summed E-state index contributed by atoms with van der Waals surface area (Å²) in [6.45, 7) is 1.81. The first-order valence-corrected chi connectivity index (χ1v) is 6.40. The number of sulfone groups is 1. The highest BCUT2D eigenvalue weighted by molar-refractivity contribution is 7.90. The van der Waals surface area contributed by atoms with Crippen LogP contribution in [0.3, 0.4) is 0 Å². The molecule has 0 radical (unpaired) electrons. The summed E-state index contributed by atoms with van der Waals surface area (Å²) in [5, 5.41) is 8.98. The average Bonchev–Trinajstić information content (AvgIpc) is 2.14. The SMILES string of the molecule is C[C@@H](O)COc1ccc(S(C)(=O)=O)cc1. The van der Waals surface area contributed by atoms with Crippen molar-refractivity contribution < 1.29 is 18.3 Å². The molecule has 1 atom stereocenters. The average molecular weight is 230 g/mol. The lowest BCUT2D eigenvalue weighted by Crippen LogP contribution is -2.12. The fourth-order valence-corrected chi connectivity index (χ4v) is 1.63. The van der Waals surface area contributed by atoms with Crippen LogP contribution in [-0.2, 0) is 9.84 Å². The highest BCUT2D eigenvalue weighted by Gasteiger charge is 2.06. The summed E-state index contributed by atoms with van der Waals surface area (Å²) >= 11 is 0. The molecule has 0 saturated carbocycles. The molecule has 0 amide bonds. The Morgan fingerprint density at radius 3 is 2.27 bits per heavy atom. The second kappa shape index (κ2) is 4.63. The van der Waals surface area contributed by atoms with E-state index in [2.05, 4.69) is 0 Å². The van der Waals surface area contributed by atoms with Crippen molar-refractivity contribution in [3.05, 3.63) is 24.3 Å². The summed E-state index contributed by atoms with van der Waals surface area (Å²) in [4.78, 5) is 0.256. The zero-order valence-electron chi connectivity index (χ0n) is 8.67. The Morgan fingerprint density at radius 1 is 1.33 bits per heavy atom. The number of hydrogen-bond acceptors (Lipinski definition) is 4. The highest BCUT2D eigenvalue weighted by atomic mass is 32.2. The van der Waals surface area contributed by atoms with E-state index in [0.717, 1.165) is 6.26 Å². The Bertz CT molecular complexity index is 406. The molecule has 0 bridgehead atoms. The van der Waals surface area contributed by atoms with Gasteiger partial charge >= 0.3 is 0 Å². The van der Waals surface area contributed by atoms with Crippen LogP contribution in [0, 0.1) is 0 Å². The van der Waals surface area contributed by atoms with E-state index < -0.39 is 15.9 Å². The van der Waals surface area contributed by atoms with Crippen LogP contribution in [-0.4, -0.2) is 32.5 Å². The molecule has 1 N–H and O–H groups in total. The number of aliphatic hydroxyl groups excluding tert-OH is 1. The topological polar surface area (TPSA) is 63.6 Å². The Balaban J connectivity index is 2.73. The van der Waals surface area contributed by atoms with Gasteiger partial charge in [0.1, 0.15) is 12.4 Å². The van der Waals surface area contributed by atoms with Gasteiger partial charge in [0, 0.05) is 6.26 Å². The van der Waals surface area contributed by atoms with Crippen molar-refractivity contribution in [2.24, 2.45) is 0 Å². The van der Waals surface area contributed by atoms with E-state index >= 15 is 0 Å². The molecule has 15 heavy (non-hydrogen) atoms. The third-order valence-corrected chi connectivity index (χ3v) is 2.87. The van der Waals surface area contributed by atoms with Gasteiger partial charge in [-0.1, -0.05) is 0 Å². The van der Waals surface area contributed by atoms with Crippen LogP contribution in [0.25, 0.3) is 0 Å². The maximum Gasteiger partial charge on any atom is 0.175 e. The minimum Gasteiger partial charge on any atom is -0.491 e. The van der Waals surface area contributed by atoms with Crippen molar-refractivity contribution in [3.63, 3.8) is 0 Å². The van der Waals surface area contributed by atoms with E-state index in [9.17, 15) is 8.42 Å². The third-order valence-electron chi connectivity index (χ3n) is 1.74. The van der Waals surface area contributed by atoms with E-state index in [4.69, 9.17) is 9.84 Å². The fraction of sp³-hybridized carbons (Fsp3) is 0.400. The zero-order chi connectivity index (χ0) is 11.5. The minimum absolute atomic E-state index is 0.193. The second-order valence-corrected chi connectivity index (χ2v) is 5.42. The van der Waals surface area contributed by atoms with E-state index in [1.165, 1.54) is 12.1 Å². The van der Waals surface area contributed by atoms with Crippen LogP contribution in [0.4, 0.5) is 0 Å². The van der Waals surface area contributed by atoms with Gasteiger partial charge in [0.05, 0.1) is 11.0 Å². The standard InChI is InChI=1S/C10H14O4S/c1-8(11)7-14-9-3-5-10(6-4-9)15(2,12)13/h3-6,8,11H,7H2,1-2H3/t8-/m1/s1. The molecule has 1 aromatic carbocycles. The van der Waals surface area contributed by atoms with Crippen molar-refractivity contribution in [2.45, 2.75) is 17.9 Å². The van der Waals surface area contributed by atoms with Gasteiger partial charge in [-0.3, -0.25) is 0 Å². The summed E-state index contributed by atoms with van der Waals surface area (Å²) in [7, 11) is -3.16. The normalized spacial score (nSPS) is 13.5. The minimum atomic E-state index is -3.16. The Hall–Kier alpha value is -1.07. The summed E-state index contributed by atoms with van der Waals surface area (Å²) in [5.41, 5.74) is 0. The van der Waals surface area contributed by atoms with Crippen LogP contribution < -0.4 is 4.74 Å². The summed E-state index contributed by atoms with van der Waals surface area (Å²) in [5.74, 6) is 0.545. The molecule has 0 aromatic heterocycles. The van der Waals surface area contributed by atoms with E-state index in [1.807, 2.05) is 0 Å². The molecule has 0 fully saturated rings. The highest BCUT2D eigenvalue weighted by Crippen LogP contribution is 2.15. The summed E-state index contributed by atoms with van der Waals surface area (Å²) in [6, 6.07) is 6.09. The molecule has 0 spiro atoms. The summed E-state index contributed by atoms with van der Waals surface area (Å²) < 4.78 is 27.4. The van der Waals surface area contributed by atoms with E-state index in [-0.39, 0.29) is 11.5 Å². The fourth-order valence-electron chi connectivity index (χ4n) is 1.000. The maximum atomic E-state index is 11.1. The maximum absolute atomic E-state index is 11.1. The predicted octanol–water partition coefficient (Wildman–Crippen LogP) is 0.850. The van der Waals surface area contributed by atoms with Gasteiger partial charge in [0.2, 0.25) is 0 Å². The van der Waals surface area contributed by atoms with Crippen LogP contribution >= 0.6 is 0 Å². The van der Waals surface area contributed by atoms with Crippen molar-refractivity contribution in [3.8, 4) is 5.75 Å². The molecule has 0 aliphatic rings. The van der Waals surface area contributed by atoms with Gasteiger partial charge in [-0.25, -0.2) is 8.42 Å².